The van der Waals surface area contributed by atoms with Crippen LogP contribution < -0.4 is 10.0 Å². The molecule has 28 heavy (non-hydrogen) atoms. The Morgan fingerprint density at radius 1 is 1.11 bits per heavy atom. The molecule has 0 radical (unpaired) electrons. The van der Waals surface area contributed by atoms with Gasteiger partial charge in [0, 0.05) is 23.5 Å². The Kier molecular flexibility index (Phi) is 6.05. The molecule has 7 heteroatoms. The number of benzene rings is 1. The van der Waals surface area contributed by atoms with E-state index in [1.165, 1.54) is 0 Å². The molecular weight excluding hydrogens is 374 g/mol. The van der Waals surface area contributed by atoms with Crippen molar-refractivity contribution in [1.82, 2.24) is 15.0 Å². The summed E-state index contributed by atoms with van der Waals surface area (Å²) in [4.78, 5) is 17.0. The molecule has 0 aliphatic heterocycles. The maximum Gasteiger partial charge on any atom is 0.223 e. The summed E-state index contributed by atoms with van der Waals surface area (Å²) in [6.07, 6.45) is 4.49. The summed E-state index contributed by atoms with van der Waals surface area (Å²) in [7, 11) is -3.36. The van der Waals surface area contributed by atoms with Crippen molar-refractivity contribution in [3.8, 4) is 0 Å². The summed E-state index contributed by atoms with van der Waals surface area (Å²) in [6.45, 7) is 5.47. The largest absolute Gasteiger partial charge is 0.350 e. The maximum atomic E-state index is 12.6. The lowest BCUT2D eigenvalue weighted by atomic mass is 9.86. The van der Waals surface area contributed by atoms with E-state index in [4.69, 9.17) is 0 Å². The van der Waals surface area contributed by atoms with Crippen LogP contribution in [0.25, 0.3) is 10.8 Å². The highest BCUT2D eigenvalue weighted by Crippen LogP contribution is 2.26. The van der Waals surface area contributed by atoms with Gasteiger partial charge in [-0.2, -0.15) is 0 Å². The van der Waals surface area contributed by atoms with Crippen LogP contribution in [-0.4, -0.2) is 30.1 Å². The van der Waals surface area contributed by atoms with Gasteiger partial charge in [0.2, 0.25) is 15.9 Å². The summed E-state index contributed by atoms with van der Waals surface area (Å²) in [6, 6.07) is 9.86. The number of nitrogens with one attached hydrogen (secondary N) is 2. The van der Waals surface area contributed by atoms with E-state index in [0.29, 0.717) is 32.2 Å². The maximum absolute atomic E-state index is 12.6. The smallest absolute Gasteiger partial charge is 0.223 e. The van der Waals surface area contributed by atoms with Gasteiger partial charge in [0.1, 0.15) is 0 Å². The van der Waals surface area contributed by atoms with Gasteiger partial charge in [-0.1, -0.05) is 24.3 Å². The number of aromatic nitrogens is 1. The minimum Gasteiger partial charge on any atom is -0.350 e. The predicted molar refractivity (Wildman–Crippen MR) is 111 cm³/mol. The molecule has 0 atom stereocenters. The third-order valence-corrected chi connectivity index (χ3v) is 7.67. The number of hydrogen-bond acceptors (Lipinski definition) is 4. The summed E-state index contributed by atoms with van der Waals surface area (Å²) >= 11 is 0. The number of rotatable bonds is 5. The SMILES string of the molecule is CC(C)(C)S(=O)(=O)NC1CCC(C(=O)NCc2nccc3ccccc23)CC1. The van der Waals surface area contributed by atoms with Crippen LogP contribution in [0, 0.1) is 5.92 Å². The fourth-order valence-electron chi connectivity index (χ4n) is 3.51. The monoisotopic (exact) mass is 403 g/mol. The van der Waals surface area contributed by atoms with Gasteiger partial charge in [-0.25, -0.2) is 13.1 Å². The van der Waals surface area contributed by atoms with Gasteiger partial charge >= 0.3 is 0 Å². The van der Waals surface area contributed by atoms with Crippen LogP contribution in [0.5, 0.6) is 0 Å². The van der Waals surface area contributed by atoms with E-state index < -0.39 is 14.8 Å². The third kappa shape index (κ3) is 4.70. The highest BCUT2D eigenvalue weighted by atomic mass is 32.2. The van der Waals surface area contributed by atoms with Gasteiger partial charge < -0.3 is 5.32 Å². The lowest BCUT2D eigenvalue weighted by molar-refractivity contribution is -0.126. The second-order valence-electron chi connectivity index (χ2n) is 8.48. The molecule has 1 aromatic heterocycles. The average Bonchev–Trinajstić information content (AvgIpc) is 2.65. The van der Waals surface area contributed by atoms with Gasteiger partial charge in [0.15, 0.2) is 0 Å². The van der Waals surface area contributed by atoms with Crippen LogP contribution in [0.3, 0.4) is 0 Å². The number of pyridine rings is 1. The van der Waals surface area contributed by atoms with Gasteiger partial charge in [0.05, 0.1) is 17.0 Å². The number of nitrogens with zero attached hydrogens (tertiary/aromatic N) is 1. The average molecular weight is 404 g/mol. The van der Waals surface area contributed by atoms with Crippen molar-refractivity contribution in [1.29, 1.82) is 0 Å². The first-order valence-corrected chi connectivity index (χ1v) is 11.3. The lowest BCUT2D eigenvalue weighted by Gasteiger charge is -2.30. The standard InChI is InChI=1S/C21H29N3O3S/c1-21(2,3)28(26,27)24-17-10-8-16(9-11-17)20(25)23-14-19-18-7-5-4-6-15(18)12-13-22-19/h4-7,12-13,16-17,24H,8-11,14H2,1-3H3,(H,23,25). The Labute approximate surface area is 167 Å². The molecule has 2 aromatic rings. The summed E-state index contributed by atoms with van der Waals surface area (Å²) in [5.41, 5.74) is 0.859. The van der Waals surface area contributed by atoms with Crippen molar-refractivity contribution in [2.45, 2.75) is 63.8 Å². The van der Waals surface area contributed by atoms with Crippen molar-refractivity contribution in [3.05, 3.63) is 42.2 Å². The quantitative estimate of drug-likeness (QED) is 0.803. The van der Waals surface area contributed by atoms with E-state index in [1.807, 2.05) is 30.3 Å². The normalized spacial score (nSPS) is 20.8. The Morgan fingerprint density at radius 3 is 2.46 bits per heavy atom. The Balaban J connectivity index is 1.53. The fraction of sp³-hybridized carbons (Fsp3) is 0.524. The molecule has 1 amide bonds. The second-order valence-corrected chi connectivity index (χ2v) is 10.9. The minimum atomic E-state index is -3.36. The molecule has 1 fully saturated rings. The molecule has 1 saturated carbocycles. The highest BCUT2D eigenvalue weighted by Gasteiger charge is 2.34. The van der Waals surface area contributed by atoms with E-state index in [2.05, 4.69) is 15.0 Å². The Bertz CT molecular complexity index is 938. The van der Waals surface area contributed by atoms with Crippen molar-refractivity contribution < 1.29 is 13.2 Å². The van der Waals surface area contributed by atoms with E-state index in [1.54, 1.807) is 27.0 Å². The molecule has 0 bridgehead atoms. The number of carbonyl (C=O) groups excluding carboxylic acids is 1. The van der Waals surface area contributed by atoms with E-state index in [0.717, 1.165) is 16.5 Å². The van der Waals surface area contributed by atoms with Crippen molar-refractivity contribution in [2.24, 2.45) is 5.92 Å². The zero-order valence-electron chi connectivity index (χ0n) is 16.7. The molecule has 1 aliphatic carbocycles. The number of fused-ring (bicyclic) bond motifs is 1. The molecule has 0 saturated heterocycles. The molecule has 1 aliphatic rings. The lowest BCUT2D eigenvalue weighted by Crippen LogP contribution is -2.46. The van der Waals surface area contributed by atoms with Crippen LogP contribution in [0.4, 0.5) is 0 Å². The van der Waals surface area contributed by atoms with Crippen LogP contribution in [0.15, 0.2) is 36.5 Å². The van der Waals surface area contributed by atoms with E-state index in [9.17, 15) is 13.2 Å². The van der Waals surface area contributed by atoms with Gasteiger partial charge in [-0.05, 0) is 57.9 Å². The zero-order valence-corrected chi connectivity index (χ0v) is 17.6. The van der Waals surface area contributed by atoms with Crippen LogP contribution >= 0.6 is 0 Å². The van der Waals surface area contributed by atoms with Crippen molar-refractivity contribution in [3.63, 3.8) is 0 Å². The minimum absolute atomic E-state index is 0.0202. The molecule has 3 rings (SSSR count). The summed E-state index contributed by atoms with van der Waals surface area (Å²) < 4.78 is 26.6. The van der Waals surface area contributed by atoms with Crippen molar-refractivity contribution in [2.75, 3.05) is 0 Å². The first kappa shape index (κ1) is 20.7. The summed E-state index contributed by atoms with van der Waals surface area (Å²) in [5.74, 6) is -0.0581. The molecule has 152 valence electrons. The molecule has 0 unspecified atom stereocenters. The number of carbonyl (C=O) groups is 1. The third-order valence-electron chi connectivity index (χ3n) is 5.41. The summed E-state index contributed by atoms with van der Waals surface area (Å²) in [5, 5.41) is 5.16. The number of amides is 1. The topological polar surface area (TPSA) is 88.2 Å². The first-order valence-electron chi connectivity index (χ1n) is 9.79. The molecule has 2 N–H and O–H groups in total. The molecule has 6 nitrogen and oxygen atoms in total. The molecule has 1 aromatic carbocycles. The predicted octanol–water partition coefficient (Wildman–Crippen LogP) is 3.13. The fourth-order valence-corrected chi connectivity index (χ4v) is 4.54. The van der Waals surface area contributed by atoms with Crippen LogP contribution in [0.2, 0.25) is 0 Å². The highest BCUT2D eigenvalue weighted by molar-refractivity contribution is 7.90. The molecule has 0 spiro atoms. The molecule has 1 heterocycles. The molecular formula is C21H29N3O3S. The zero-order chi connectivity index (χ0) is 20.4. The number of sulfonamides is 1. The van der Waals surface area contributed by atoms with Gasteiger partial charge in [-0.3, -0.25) is 9.78 Å². The first-order chi connectivity index (χ1) is 13.2. The Hall–Kier alpha value is -1.99. The van der Waals surface area contributed by atoms with Gasteiger partial charge in [-0.15, -0.1) is 0 Å². The second kappa shape index (κ2) is 8.17. The van der Waals surface area contributed by atoms with E-state index in [-0.39, 0.29) is 17.9 Å². The van der Waals surface area contributed by atoms with Gasteiger partial charge in [0.25, 0.3) is 0 Å². The van der Waals surface area contributed by atoms with Crippen LogP contribution in [-0.2, 0) is 21.4 Å². The van der Waals surface area contributed by atoms with E-state index >= 15 is 0 Å². The number of hydrogen-bond donors (Lipinski definition) is 2. The van der Waals surface area contributed by atoms with Crippen LogP contribution in [0.1, 0.15) is 52.1 Å². The van der Waals surface area contributed by atoms with Crippen molar-refractivity contribution >= 4 is 26.7 Å². The Morgan fingerprint density at radius 2 is 1.79 bits per heavy atom.